The maximum absolute atomic E-state index is 10.8. The van der Waals surface area contributed by atoms with E-state index in [0.717, 1.165) is 0 Å². The average molecular weight is 184 g/mol. The molecule has 0 aromatic rings. The highest BCUT2D eigenvalue weighted by atomic mass is 16.5. The molecule has 0 saturated heterocycles. The van der Waals surface area contributed by atoms with Gasteiger partial charge in [0, 0.05) is 6.08 Å². The van der Waals surface area contributed by atoms with Gasteiger partial charge < -0.3 is 9.84 Å². The standard InChI is InChI=1S/C10H16O3/c1-3-6-9(11)7-5-8-10(12)13-4-2/h3,5-6,8-9,11H,4,7H2,1-2H3/b6-3+,8-5+/t9-/m0/s1. The second kappa shape index (κ2) is 7.55. The highest BCUT2D eigenvalue weighted by molar-refractivity contribution is 5.81. The van der Waals surface area contributed by atoms with Crippen molar-refractivity contribution in [1.29, 1.82) is 0 Å². The van der Waals surface area contributed by atoms with E-state index in [-0.39, 0.29) is 5.97 Å². The third-order valence-electron chi connectivity index (χ3n) is 1.33. The fraction of sp³-hybridized carbons (Fsp3) is 0.500. The SMILES string of the molecule is C/C=C/[C@H](O)C/C=C/C(=O)OCC. The van der Waals surface area contributed by atoms with E-state index in [9.17, 15) is 9.90 Å². The van der Waals surface area contributed by atoms with Gasteiger partial charge in [-0.1, -0.05) is 18.2 Å². The van der Waals surface area contributed by atoms with Crippen molar-refractivity contribution in [3.05, 3.63) is 24.3 Å². The lowest BCUT2D eigenvalue weighted by molar-refractivity contribution is -0.137. The molecule has 0 unspecified atom stereocenters. The van der Waals surface area contributed by atoms with E-state index < -0.39 is 6.10 Å². The van der Waals surface area contributed by atoms with Crippen molar-refractivity contribution in [1.82, 2.24) is 0 Å². The first-order chi connectivity index (χ1) is 6.20. The van der Waals surface area contributed by atoms with Gasteiger partial charge in [0.15, 0.2) is 0 Å². The number of aliphatic hydroxyl groups excluding tert-OH is 1. The molecule has 3 nitrogen and oxygen atoms in total. The quantitative estimate of drug-likeness (QED) is 0.399. The molecule has 0 aliphatic heterocycles. The first kappa shape index (κ1) is 11.9. The van der Waals surface area contributed by atoms with E-state index in [1.807, 2.05) is 6.92 Å². The summed E-state index contributed by atoms with van der Waals surface area (Å²) in [5.74, 6) is -0.366. The first-order valence-electron chi connectivity index (χ1n) is 4.34. The molecule has 0 aliphatic rings. The number of allylic oxidation sites excluding steroid dienone is 1. The summed E-state index contributed by atoms with van der Waals surface area (Å²) in [7, 11) is 0. The van der Waals surface area contributed by atoms with E-state index in [1.54, 1.807) is 25.2 Å². The lowest BCUT2D eigenvalue weighted by Crippen LogP contribution is -2.02. The number of carbonyl (C=O) groups excluding carboxylic acids is 1. The number of hydrogen-bond donors (Lipinski definition) is 1. The molecule has 0 radical (unpaired) electrons. The Kier molecular flexibility index (Phi) is 6.92. The van der Waals surface area contributed by atoms with Gasteiger partial charge in [0.1, 0.15) is 0 Å². The first-order valence-corrected chi connectivity index (χ1v) is 4.34. The van der Waals surface area contributed by atoms with Crippen LogP contribution < -0.4 is 0 Å². The van der Waals surface area contributed by atoms with Gasteiger partial charge in [-0.15, -0.1) is 0 Å². The normalized spacial score (nSPS) is 13.8. The van der Waals surface area contributed by atoms with Gasteiger partial charge in [-0.2, -0.15) is 0 Å². The molecule has 0 aromatic heterocycles. The molecular weight excluding hydrogens is 168 g/mol. The number of hydrogen-bond acceptors (Lipinski definition) is 3. The summed E-state index contributed by atoms with van der Waals surface area (Å²) in [6.45, 7) is 3.96. The zero-order valence-electron chi connectivity index (χ0n) is 8.06. The second-order valence-corrected chi connectivity index (χ2v) is 2.48. The molecule has 0 amide bonds. The Morgan fingerprint density at radius 1 is 1.62 bits per heavy atom. The van der Waals surface area contributed by atoms with Crippen molar-refractivity contribution in [2.75, 3.05) is 6.61 Å². The van der Waals surface area contributed by atoms with Gasteiger partial charge in [0.05, 0.1) is 12.7 Å². The van der Waals surface area contributed by atoms with E-state index in [4.69, 9.17) is 0 Å². The van der Waals surface area contributed by atoms with Gasteiger partial charge in [0.25, 0.3) is 0 Å². The van der Waals surface area contributed by atoms with Crippen molar-refractivity contribution < 1.29 is 14.6 Å². The van der Waals surface area contributed by atoms with Crippen molar-refractivity contribution in [2.45, 2.75) is 26.4 Å². The largest absolute Gasteiger partial charge is 0.463 e. The molecule has 0 aliphatic carbocycles. The second-order valence-electron chi connectivity index (χ2n) is 2.48. The Balaban J connectivity index is 3.67. The zero-order chi connectivity index (χ0) is 10.1. The molecular formula is C10H16O3. The van der Waals surface area contributed by atoms with Crippen LogP contribution in [0.5, 0.6) is 0 Å². The monoisotopic (exact) mass is 184 g/mol. The van der Waals surface area contributed by atoms with Crippen molar-refractivity contribution >= 4 is 5.97 Å². The molecule has 0 spiro atoms. The van der Waals surface area contributed by atoms with Crippen LogP contribution in [0.15, 0.2) is 24.3 Å². The summed E-state index contributed by atoms with van der Waals surface area (Å²) in [4.78, 5) is 10.8. The van der Waals surface area contributed by atoms with Crippen LogP contribution in [0.1, 0.15) is 20.3 Å². The smallest absolute Gasteiger partial charge is 0.330 e. The van der Waals surface area contributed by atoms with Crippen LogP contribution in [0, 0.1) is 0 Å². The Labute approximate surface area is 78.7 Å². The minimum absolute atomic E-state index is 0.366. The topological polar surface area (TPSA) is 46.5 Å². The molecule has 0 saturated carbocycles. The summed E-state index contributed by atoms with van der Waals surface area (Å²) < 4.78 is 4.66. The van der Waals surface area contributed by atoms with Gasteiger partial charge >= 0.3 is 5.97 Å². The lowest BCUT2D eigenvalue weighted by atomic mass is 10.2. The third-order valence-corrected chi connectivity index (χ3v) is 1.33. The summed E-state index contributed by atoms with van der Waals surface area (Å²) in [5.41, 5.74) is 0. The summed E-state index contributed by atoms with van der Waals surface area (Å²) in [6.07, 6.45) is 6.27. The highest BCUT2D eigenvalue weighted by Crippen LogP contribution is 1.95. The summed E-state index contributed by atoms with van der Waals surface area (Å²) in [6, 6.07) is 0. The molecule has 0 fully saturated rings. The van der Waals surface area contributed by atoms with Crippen molar-refractivity contribution in [3.8, 4) is 0 Å². The van der Waals surface area contributed by atoms with Crippen LogP contribution in [0.3, 0.4) is 0 Å². The van der Waals surface area contributed by atoms with Crippen LogP contribution in [0.2, 0.25) is 0 Å². The molecule has 1 N–H and O–H groups in total. The van der Waals surface area contributed by atoms with Crippen LogP contribution >= 0.6 is 0 Å². The van der Waals surface area contributed by atoms with E-state index >= 15 is 0 Å². The van der Waals surface area contributed by atoms with Crippen LogP contribution in [-0.2, 0) is 9.53 Å². The molecule has 13 heavy (non-hydrogen) atoms. The molecule has 74 valence electrons. The average Bonchev–Trinajstić information content (AvgIpc) is 2.05. The van der Waals surface area contributed by atoms with E-state index in [2.05, 4.69) is 4.74 Å². The van der Waals surface area contributed by atoms with E-state index in [0.29, 0.717) is 13.0 Å². The molecule has 0 rings (SSSR count). The Bertz CT molecular complexity index is 194. The number of esters is 1. The molecule has 0 aromatic carbocycles. The minimum atomic E-state index is -0.518. The Morgan fingerprint density at radius 3 is 2.85 bits per heavy atom. The molecule has 3 heteroatoms. The van der Waals surface area contributed by atoms with Crippen molar-refractivity contribution in [2.24, 2.45) is 0 Å². The summed E-state index contributed by atoms with van der Waals surface area (Å²) >= 11 is 0. The molecule has 0 bridgehead atoms. The zero-order valence-corrected chi connectivity index (χ0v) is 8.06. The van der Waals surface area contributed by atoms with Gasteiger partial charge in [-0.05, 0) is 20.3 Å². The Hall–Kier alpha value is -1.09. The lowest BCUT2D eigenvalue weighted by Gasteiger charge is -1.99. The summed E-state index contributed by atoms with van der Waals surface area (Å²) in [5, 5.41) is 9.20. The van der Waals surface area contributed by atoms with Crippen LogP contribution in [0.25, 0.3) is 0 Å². The third kappa shape index (κ3) is 7.28. The van der Waals surface area contributed by atoms with E-state index in [1.165, 1.54) is 6.08 Å². The van der Waals surface area contributed by atoms with Gasteiger partial charge in [-0.25, -0.2) is 4.79 Å². The van der Waals surface area contributed by atoms with Crippen molar-refractivity contribution in [3.63, 3.8) is 0 Å². The highest BCUT2D eigenvalue weighted by Gasteiger charge is 1.96. The fourth-order valence-corrected chi connectivity index (χ4v) is 0.795. The van der Waals surface area contributed by atoms with Crippen LogP contribution in [-0.4, -0.2) is 23.8 Å². The maximum atomic E-state index is 10.8. The number of ether oxygens (including phenoxy) is 1. The fourth-order valence-electron chi connectivity index (χ4n) is 0.795. The predicted octanol–water partition coefficient (Wildman–Crippen LogP) is 1.43. The predicted molar refractivity (Wildman–Crippen MR) is 51.2 cm³/mol. The molecule has 1 atom stereocenters. The number of rotatable bonds is 5. The molecule has 0 heterocycles. The Morgan fingerprint density at radius 2 is 2.31 bits per heavy atom. The maximum Gasteiger partial charge on any atom is 0.330 e. The minimum Gasteiger partial charge on any atom is -0.463 e. The number of aliphatic hydroxyl groups is 1. The number of carbonyl (C=O) groups is 1. The van der Waals surface area contributed by atoms with Crippen LogP contribution in [0.4, 0.5) is 0 Å². The van der Waals surface area contributed by atoms with Gasteiger partial charge in [0.2, 0.25) is 0 Å². The van der Waals surface area contributed by atoms with Gasteiger partial charge in [-0.3, -0.25) is 0 Å².